The Hall–Kier alpha value is -2.09. The Balaban J connectivity index is 2.77. The van der Waals surface area contributed by atoms with Crippen LogP contribution in [0.5, 0.6) is 0 Å². The number of halogens is 3. The Morgan fingerprint density at radius 3 is 2.24 bits per heavy atom. The summed E-state index contributed by atoms with van der Waals surface area (Å²) in [6.45, 7) is 0. The number of alkyl halides is 3. The molecule has 2 rings (SSSR count). The molecule has 1 aromatic carbocycles. The molecule has 0 saturated heterocycles. The quantitative estimate of drug-likeness (QED) is 0.795. The molecule has 8 heteroatoms. The SMILES string of the molecule is COC(=O)c1sc2ccc(C(F)(F)F)cc2c1C(=O)OC. The lowest BCUT2D eigenvalue weighted by Gasteiger charge is -2.06. The normalized spacial score (nSPS) is 11.5. The summed E-state index contributed by atoms with van der Waals surface area (Å²) in [7, 11) is 2.20. The number of hydrogen-bond acceptors (Lipinski definition) is 5. The van der Waals surface area contributed by atoms with Gasteiger partial charge in [0.1, 0.15) is 4.88 Å². The fourth-order valence-corrected chi connectivity index (χ4v) is 2.90. The zero-order valence-electron chi connectivity index (χ0n) is 10.9. The van der Waals surface area contributed by atoms with E-state index in [9.17, 15) is 22.8 Å². The molecule has 112 valence electrons. The highest BCUT2D eigenvalue weighted by Crippen LogP contribution is 2.37. The van der Waals surface area contributed by atoms with Gasteiger partial charge in [-0.25, -0.2) is 9.59 Å². The minimum absolute atomic E-state index is 0.0158. The molecular weight excluding hydrogens is 309 g/mol. The smallest absolute Gasteiger partial charge is 0.416 e. The Labute approximate surface area is 121 Å². The van der Waals surface area contributed by atoms with E-state index in [0.29, 0.717) is 4.70 Å². The van der Waals surface area contributed by atoms with Gasteiger partial charge in [0.2, 0.25) is 0 Å². The van der Waals surface area contributed by atoms with Crippen molar-refractivity contribution in [1.82, 2.24) is 0 Å². The molecule has 1 heterocycles. The maximum Gasteiger partial charge on any atom is 0.416 e. The minimum atomic E-state index is -4.55. The standard InChI is InChI=1S/C13H9F3O4S/c1-19-11(17)9-7-5-6(13(14,15)16)3-4-8(7)21-10(9)12(18)20-2/h3-5H,1-2H3. The summed E-state index contributed by atoms with van der Waals surface area (Å²) in [5.74, 6) is -1.69. The van der Waals surface area contributed by atoms with Crippen molar-refractivity contribution >= 4 is 33.4 Å². The summed E-state index contributed by atoms with van der Waals surface area (Å²) in [5.41, 5.74) is -1.12. The first-order valence-electron chi connectivity index (χ1n) is 5.60. The molecule has 1 aromatic heterocycles. The molecule has 0 bridgehead atoms. The number of carbonyl (C=O) groups is 2. The topological polar surface area (TPSA) is 52.6 Å². The van der Waals surface area contributed by atoms with Gasteiger partial charge in [-0.2, -0.15) is 13.2 Å². The summed E-state index contributed by atoms with van der Waals surface area (Å²) in [5, 5.41) is 0.0158. The van der Waals surface area contributed by atoms with Crippen LogP contribution in [0.15, 0.2) is 18.2 Å². The van der Waals surface area contributed by atoms with Gasteiger partial charge in [0.05, 0.1) is 25.3 Å². The van der Waals surface area contributed by atoms with E-state index >= 15 is 0 Å². The number of fused-ring (bicyclic) bond motifs is 1. The number of esters is 2. The van der Waals surface area contributed by atoms with Gasteiger partial charge >= 0.3 is 18.1 Å². The fourth-order valence-electron chi connectivity index (χ4n) is 1.82. The van der Waals surface area contributed by atoms with Crippen molar-refractivity contribution in [2.24, 2.45) is 0 Å². The third-order valence-corrected chi connectivity index (χ3v) is 3.93. The molecule has 0 aliphatic heterocycles. The van der Waals surface area contributed by atoms with Crippen LogP contribution in [-0.4, -0.2) is 26.2 Å². The fraction of sp³-hybridized carbons (Fsp3) is 0.231. The predicted octanol–water partition coefficient (Wildman–Crippen LogP) is 3.49. The molecule has 0 amide bonds. The van der Waals surface area contributed by atoms with Crippen LogP contribution in [0.3, 0.4) is 0 Å². The molecule has 0 N–H and O–H groups in total. The van der Waals surface area contributed by atoms with Crippen LogP contribution in [0.4, 0.5) is 13.2 Å². The highest BCUT2D eigenvalue weighted by Gasteiger charge is 2.32. The van der Waals surface area contributed by atoms with E-state index in [0.717, 1.165) is 37.7 Å². The number of carbonyl (C=O) groups excluding carboxylic acids is 2. The van der Waals surface area contributed by atoms with E-state index in [4.69, 9.17) is 0 Å². The molecule has 0 aliphatic rings. The third kappa shape index (κ3) is 2.71. The zero-order chi connectivity index (χ0) is 15.8. The summed E-state index contributed by atoms with van der Waals surface area (Å²) in [6.07, 6.45) is -4.55. The number of ether oxygens (including phenoxy) is 2. The van der Waals surface area contributed by atoms with Crippen molar-refractivity contribution in [2.75, 3.05) is 14.2 Å². The van der Waals surface area contributed by atoms with Crippen LogP contribution in [0.25, 0.3) is 10.1 Å². The summed E-state index contributed by atoms with van der Waals surface area (Å²) in [6, 6.07) is 2.92. The van der Waals surface area contributed by atoms with E-state index in [2.05, 4.69) is 9.47 Å². The molecule has 0 spiro atoms. The van der Waals surface area contributed by atoms with E-state index in [-0.39, 0.29) is 15.8 Å². The lowest BCUT2D eigenvalue weighted by Crippen LogP contribution is -2.09. The van der Waals surface area contributed by atoms with Gasteiger partial charge in [0.25, 0.3) is 0 Å². The zero-order valence-corrected chi connectivity index (χ0v) is 11.7. The van der Waals surface area contributed by atoms with Crippen LogP contribution in [0, 0.1) is 0 Å². The monoisotopic (exact) mass is 318 g/mol. The summed E-state index contributed by atoms with van der Waals surface area (Å²) >= 11 is 0.877. The minimum Gasteiger partial charge on any atom is -0.465 e. The molecule has 2 aromatic rings. The van der Waals surface area contributed by atoms with Crippen molar-refractivity contribution in [3.05, 3.63) is 34.2 Å². The van der Waals surface area contributed by atoms with E-state index in [1.54, 1.807) is 0 Å². The second-order valence-electron chi connectivity index (χ2n) is 4.00. The highest BCUT2D eigenvalue weighted by atomic mass is 32.1. The van der Waals surface area contributed by atoms with Crippen LogP contribution < -0.4 is 0 Å². The van der Waals surface area contributed by atoms with E-state index in [1.807, 2.05) is 0 Å². The Morgan fingerprint density at radius 2 is 1.71 bits per heavy atom. The van der Waals surface area contributed by atoms with E-state index in [1.165, 1.54) is 6.07 Å². The molecule has 0 fully saturated rings. The lowest BCUT2D eigenvalue weighted by molar-refractivity contribution is -0.137. The van der Waals surface area contributed by atoms with Gasteiger partial charge in [0, 0.05) is 10.1 Å². The van der Waals surface area contributed by atoms with Crippen molar-refractivity contribution in [2.45, 2.75) is 6.18 Å². The summed E-state index contributed by atoms with van der Waals surface area (Å²) < 4.78 is 47.7. The van der Waals surface area contributed by atoms with Crippen LogP contribution in [0.1, 0.15) is 25.6 Å². The van der Waals surface area contributed by atoms with Crippen molar-refractivity contribution in [3.63, 3.8) is 0 Å². The molecule has 4 nitrogen and oxygen atoms in total. The van der Waals surface area contributed by atoms with Gasteiger partial charge in [-0.05, 0) is 18.2 Å². The number of methoxy groups -OCH3 is 2. The number of hydrogen-bond donors (Lipinski definition) is 0. The summed E-state index contributed by atoms with van der Waals surface area (Å²) in [4.78, 5) is 23.4. The first-order chi connectivity index (χ1) is 9.79. The Kier molecular flexibility index (Phi) is 3.91. The average molecular weight is 318 g/mol. The molecule has 0 radical (unpaired) electrons. The molecular formula is C13H9F3O4S. The van der Waals surface area contributed by atoms with Gasteiger partial charge in [-0.3, -0.25) is 0 Å². The Bertz CT molecular complexity index is 718. The second kappa shape index (κ2) is 5.36. The number of thiophene rings is 1. The van der Waals surface area contributed by atoms with E-state index < -0.39 is 23.7 Å². The first-order valence-corrected chi connectivity index (χ1v) is 6.41. The third-order valence-electron chi connectivity index (χ3n) is 2.78. The molecule has 0 unspecified atom stereocenters. The highest BCUT2D eigenvalue weighted by molar-refractivity contribution is 7.21. The average Bonchev–Trinajstić information content (AvgIpc) is 2.83. The largest absolute Gasteiger partial charge is 0.465 e. The molecule has 0 atom stereocenters. The first kappa shape index (κ1) is 15.3. The van der Waals surface area contributed by atoms with Gasteiger partial charge in [-0.15, -0.1) is 11.3 Å². The Morgan fingerprint density at radius 1 is 1.10 bits per heavy atom. The van der Waals surface area contributed by atoms with Gasteiger partial charge in [-0.1, -0.05) is 0 Å². The number of rotatable bonds is 2. The van der Waals surface area contributed by atoms with Crippen molar-refractivity contribution in [3.8, 4) is 0 Å². The maximum atomic E-state index is 12.8. The predicted molar refractivity (Wildman–Crippen MR) is 69.5 cm³/mol. The van der Waals surface area contributed by atoms with Gasteiger partial charge < -0.3 is 9.47 Å². The lowest BCUT2D eigenvalue weighted by atomic mass is 10.1. The van der Waals surface area contributed by atoms with Crippen molar-refractivity contribution < 1.29 is 32.2 Å². The van der Waals surface area contributed by atoms with Crippen LogP contribution >= 0.6 is 11.3 Å². The van der Waals surface area contributed by atoms with Crippen LogP contribution in [-0.2, 0) is 15.7 Å². The molecule has 0 saturated carbocycles. The van der Waals surface area contributed by atoms with Crippen molar-refractivity contribution in [1.29, 1.82) is 0 Å². The second-order valence-corrected chi connectivity index (χ2v) is 5.05. The maximum absolute atomic E-state index is 12.8. The van der Waals surface area contributed by atoms with Crippen LogP contribution in [0.2, 0.25) is 0 Å². The van der Waals surface area contributed by atoms with Gasteiger partial charge in [0.15, 0.2) is 0 Å². The number of benzene rings is 1. The molecule has 21 heavy (non-hydrogen) atoms. The molecule has 0 aliphatic carbocycles.